The number of rotatable bonds is 3. The summed E-state index contributed by atoms with van der Waals surface area (Å²) in [6.45, 7) is 5.93. The minimum absolute atomic E-state index is 0.0718. The van der Waals surface area contributed by atoms with Crippen molar-refractivity contribution < 1.29 is 9.53 Å². The van der Waals surface area contributed by atoms with Crippen LogP contribution in [0.2, 0.25) is 5.02 Å². The van der Waals surface area contributed by atoms with E-state index < -0.39 is 5.41 Å². The molecular weight excluding hydrogens is 260 g/mol. The molecule has 0 bridgehead atoms. The minimum atomic E-state index is -0.518. The van der Waals surface area contributed by atoms with Crippen molar-refractivity contribution >= 4 is 17.4 Å². The van der Waals surface area contributed by atoms with Gasteiger partial charge in [-0.15, -0.1) is 0 Å². The number of benzene rings is 1. The van der Waals surface area contributed by atoms with Crippen LogP contribution < -0.4 is 0 Å². The van der Waals surface area contributed by atoms with Crippen molar-refractivity contribution in [2.45, 2.75) is 57.7 Å². The lowest BCUT2D eigenvalue weighted by Gasteiger charge is -2.38. The van der Waals surface area contributed by atoms with E-state index in [2.05, 4.69) is 0 Å². The predicted molar refractivity (Wildman–Crippen MR) is 77.7 cm³/mol. The van der Waals surface area contributed by atoms with Crippen LogP contribution >= 0.6 is 11.6 Å². The standard InChI is InChI=1S/C16H21ClO2/c1-11(2)19-14-9-6-10-16(3,15(14)18)12-7-4-5-8-13(12)17/h4-5,7-8,11,14H,6,9-10H2,1-3H3/t14-,16+/m1/s1. The third-order valence-corrected chi connectivity index (χ3v) is 4.21. The fourth-order valence-electron chi connectivity index (χ4n) is 2.89. The lowest BCUT2D eigenvalue weighted by molar-refractivity contribution is -0.142. The molecule has 0 saturated heterocycles. The van der Waals surface area contributed by atoms with Gasteiger partial charge in [0.15, 0.2) is 5.78 Å². The first-order valence-corrected chi connectivity index (χ1v) is 7.28. The van der Waals surface area contributed by atoms with Gasteiger partial charge in [0, 0.05) is 5.02 Å². The summed E-state index contributed by atoms with van der Waals surface area (Å²) in [5.74, 6) is 0.167. The minimum Gasteiger partial charge on any atom is -0.368 e. The van der Waals surface area contributed by atoms with Gasteiger partial charge in [-0.05, 0) is 51.7 Å². The molecule has 0 spiro atoms. The molecule has 19 heavy (non-hydrogen) atoms. The van der Waals surface area contributed by atoms with E-state index in [1.807, 2.05) is 45.0 Å². The molecule has 0 unspecified atom stereocenters. The van der Waals surface area contributed by atoms with Gasteiger partial charge in [0.05, 0.1) is 11.5 Å². The average Bonchev–Trinajstić information content (AvgIpc) is 2.35. The van der Waals surface area contributed by atoms with Gasteiger partial charge < -0.3 is 4.74 Å². The molecule has 0 amide bonds. The summed E-state index contributed by atoms with van der Waals surface area (Å²) in [4.78, 5) is 12.8. The van der Waals surface area contributed by atoms with Crippen molar-refractivity contribution in [2.75, 3.05) is 0 Å². The van der Waals surface area contributed by atoms with Gasteiger partial charge in [-0.2, -0.15) is 0 Å². The number of ketones is 1. The molecule has 2 nitrogen and oxygen atoms in total. The van der Waals surface area contributed by atoms with Crippen molar-refractivity contribution in [1.82, 2.24) is 0 Å². The molecule has 1 aliphatic carbocycles. The third kappa shape index (κ3) is 2.85. The highest BCUT2D eigenvalue weighted by atomic mass is 35.5. The summed E-state index contributed by atoms with van der Waals surface area (Å²) in [5.41, 5.74) is 0.412. The Balaban J connectivity index is 2.32. The van der Waals surface area contributed by atoms with Gasteiger partial charge in [-0.25, -0.2) is 0 Å². The van der Waals surface area contributed by atoms with Gasteiger partial charge >= 0.3 is 0 Å². The van der Waals surface area contributed by atoms with Gasteiger partial charge in [0.1, 0.15) is 6.10 Å². The first-order valence-electron chi connectivity index (χ1n) is 6.90. The van der Waals surface area contributed by atoms with E-state index in [1.54, 1.807) is 0 Å². The quantitative estimate of drug-likeness (QED) is 0.832. The first-order chi connectivity index (χ1) is 8.95. The second kappa shape index (κ2) is 5.64. The maximum atomic E-state index is 12.8. The van der Waals surface area contributed by atoms with E-state index in [-0.39, 0.29) is 18.0 Å². The summed E-state index contributed by atoms with van der Waals surface area (Å²) in [6, 6.07) is 7.64. The zero-order valence-electron chi connectivity index (χ0n) is 11.8. The zero-order chi connectivity index (χ0) is 14.0. The Labute approximate surface area is 120 Å². The molecule has 0 N–H and O–H groups in total. The second-order valence-corrected chi connectivity index (χ2v) is 6.15. The van der Waals surface area contributed by atoms with Crippen LogP contribution in [-0.4, -0.2) is 18.0 Å². The topological polar surface area (TPSA) is 26.3 Å². The Morgan fingerprint density at radius 1 is 1.37 bits per heavy atom. The molecule has 1 aromatic rings. The van der Waals surface area contributed by atoms with E-state index in [0.717, 1.165) is 24.8 Å². The van der Waals surface area contributed by atoms with Crippen LogP contribution in [0.1, 0.15) is 45.6 Å². The van der Waals surface area contributed by atoms with E-state index in [0.29, 0.717) is 5.02 Å². The summed E-state index contributed by atoms with van der Waals surface area (Å²) >= 11 is 6.27. The van der Waals surface area contributed by atoms with Crippen LogP contribution in [-0.2, 0) is 14.9 Å². The zero-order valence-corrected chi connectivity index (χ0v) is 12.5. The largest absolute Gasteiger partial charge is 0.368 e. The van der Waals surface area contributed by atoms with E-state index in [1.165, 1.54) is 0 Å². The van der Waals surface area contributed by atoms with Crippen LogP contribution in [0.4, 0.5) is 0 Å². The van der Waals surface area contributed by atoms with E-state index in [9.17, 15) is 4.79 Å². The molecule has 0 heterocycles. The molecule has 0 aromatic heterocycles. The van der Waals surface area contributed by atoms with Gasteiger partial charge in [-0.1, -0.05) is 29.8 Å². The van der Waals surface area contributed by atoms with E-state index in [4.69, 9.17) is 16.3 Å². The van der Waals surface area contributed by atoms with E-state index >= 15 is 0 Å². The summed E-state index contributed by atoms with van der Waals surface area (Å²) in [7, 11) is 0. The number of carbonyl (C=O) groups is 1. The predicted octanol–water partition coefficient (Wildman–Crippen LogP) is 4.14. The molecule has 0 radical (unpaired) electrons. The van der Waals surface area contributed by atoms with Crippen LogP contribution in [0.15, 0.2) is 24.3 Å². The monoisotopic (exact) mass is 280 g/mol. The molecule has 104 valence electrons. The average molecular weight is 281 g/mol. The molecule has 1 aromatic carbocycles. The number of ether oxygens (including phenoxy) is 1. The normalized spacial score (nSPS) is 27.8. The maximum Gasteiger partial charge on any atom is 0.171 e. The highest BCUT2D eigenvalue weighted by molar-refractivity contribution is 6.31. The highest BCUT2D eigenvalue weighted by Gasteiger charge is 2.43. The molecule has 1 saturated carbocycles. The Kier molecular flexibility index (Phi) is 4.32. The third-order valence-electron chi connectivity index (χ3n) is 3.88. The van der Waals surface area contributed by atoms with Crippen molar-refractivity contribution in [3.8, 4) is 0 Å². The Bertz CT molecular complexity index is 470. The lowest BCUT2D eigenvalue weighted by Crippen LogP contribution is -2.46. The SMILES string of the molecule is CC(C)O[C@@H]1CCC[C@@](C)(c2ccccc2Cl)C1=O. The highest BCUT2D eigenvalue weighted by Crippen LogP contribution is 2.40. The lowest BCUT2D eigenvalue weighted by atomic mass is 9.69. The van der Waals surface area contributed by atoms with Gasteiger partial charge in [0.25, 0.3) is 0 Å². The number of hydrogen-bond acceptors (Lipinski definition) is 2. The second-order valence-electron chi connectivity index (χ2n) is 5.74. The molecule has 2 atom stereocenters. The number of carbonyl (C=O) groups excluding carboxylic acids is 1. The molecule has 0 aliphatic heterocycles. The van der Waals surface area contributed by atoms with Crippen LogP contribution in [0, 0.1) is 0 Å². The Morgan fingerprint density at radius 3 is 2.68 bits per heavy atom. The Morgan fingerprint density at radius 2 is 2.05 bits per heavy atom. The van der Waals surface area contributed by atoms with Crippen LogP contribution in [0.5, 0.6) is 0 Å². The summed E-state index contributed by atoms with van der Waals surface area (Å²) < 4.78 is 5.77. The number of Topliss-reactive ketones (excluding diaryl/α,β-unsaturated/α-hetero) is 1. The Hall–Kier alpha value is -0.860. The summed E-state index contributed by atoms with van der Waals surface area (Å²) in [5, 5.41) is 0.670. The number of hydrogen-bond donors (Lipinski definition) is 0. The fraction of sp³-hybridized carbons (Fsp3) is 0.562. The fourth-order valence-corrected chi connectivity index (χ4v) is 3.23. The molecule has 3 heteroatoms. The number of halogens is 1. The smallest absolute Gasteiger partial charge is 0.171 e. The molecular formula is C16H21ClO2. The first kappa shape index (κ1) is 14.5. The van der Waals surface area contributed by atoms with Gasteiger partial charge in [0.2, 0.25) is 0 Å². The molecule has 2 rings (SSSR count). The maximum absolute atomic E-state index is 12.8. The van der Waals surface area contributed by atoms with Crippen molar-refractivity contribution in [2.24, 2.45) is 0 Å². The van der Waals surface area contributed by atoms with Crippen LogP contribution in [0.3, 0.4) is 0 Å². The van der Waals surface area contributed by atoms with Gasteiger partial charge in [-0.3, -0.25) is 4.79 Å². The van der Waals surface area contributed by atoms with Crippen molar-refractivity contribution in [3.63, 3.8) is 0 Å². The molecule has 1 fully saturated rings. The van der Waals surface area contributed by atoms with Crippen LogP contribution in [0.25, 0.3) is 0 Å². The van der Waals surface area contributed by atoms with Crippen molar-refractivity contribution in [3.05, 3.63) is 34.9 Å². The van der Waals surface area contributed by atoms with Crippen molar-refractivity contribution in [1.29, 1.82) is 0 Å². The summed E-state index contributed by atoms with van der Waals surface area (Å²) in [6.07, 6.45) is 2.42. The molecule has 1 aliphatic rings.